The number of likely N-dealkylation sites (N-methyl/N-ethyl adjacent to an activating group) is 1. The van der Waals surface area contributed by atoms with Gasteiger partial charge in [0.15, 0.2) is 17.3 Å². The second-order valence-corrected chi connectivity index (χ2v) is 4.95. The number of anilines is 1. The van der Waals surface area contributed by atoms with Crippen LogP contribution < -0.4 is 20.5 Å². The van der Waals surface area contributed by atoms with Crippen LogP contribution in [0.5, 0.6) is 11.5 Å². The number of nitrogen functional groups attached to an aromatic ring is 1. The van der Waals surface area contributed by atoms with Gasteiger partial charge in [-0.1, -0.05) is 0 Å². The summed E-state index contributed by atoms with van der Waals surface area (Å²) < 4.78 is 10.7. The molecule has 0 radical (unpaired) electrons. The molecule has 17 heavy (non-hydrogen) atoms. The van der Waals surface area contributed by atoms with Crippen molar-refractivity contribution in [3.63, 3.8) is 0 Å². The van der Waals surface area contributed by atoms with E-state index in [1.54, 1.807) is 24.9 Å². The Hall–Kier alpha value is -1.40. The Kier molecular flexibility index (Phi) is 2.41. The zero-order valence-corrected chi connectivity index (χ0v) is 10.1. The predicted molar refractivity (Wildman–Crippen MR) is 64.9 cm³/mol. The van der Waals surface area contributed by atoms with E-state index in [1.807, 2.05) is 0 Å². The fourth-order valence-electron chi connectivity index (χ4n) is 2.05. The Bertz CT molecular complexity index is 504. The highest BCUT2D eigenvalue weighted by molar-refractivity contribution is 7.99. The molecule has 2 heterocycles. The summed E-state index contributed by atoms with van der Waals surface area (Å²) in [7, 11) is 1.78. The lowest BCUT2D eigenvalue weighted by Crippen LogP contribution is -2.39. The third-order valence-corrected chi connectivity index (χ3v) is 4.13. The van der Waals surface area contributed by atoms with Crippen molar-refractivity contribution in [1.29, 1.82) is 0 Å². The summed E-state index contributed by atoms with van der Waals surface area (Å²) in [6.07, 6.45) is 0. The first-order chi connectivity index (χ1) is 8.22. The molecule has 6 heteroatoms. The van der Waals surface area contributed by atoms with Crippen molar-refractivity contribution in [1.82, 2.24) is 5.32 Å². The lowest BCUT2D eigenvalue weighted by Gasteiger charge is -2.24. The minimum atomic E-state index is -0.185. The lowest BCUT2D eigenvalue weighted by atomic mass is 10.0. The third-order valence-electron chi connectivity index (χ3n) is 2.96. The molecule has 3 rings (SSSR count). The third kappa shape index (κ3) is 1.48. The van der Waals surface area contributed by atoms with Crippen LogP contribution in [-0.2, 0) is 0 Å². The Balaban J connectivity index is 2.17. The number of fused-ring (bicyclic) bond motifs is 3. The summed E-state index contributed by atoms with van der Waals surface area (Å²) in [6.45, 7) is 0.190. The maximum Gasteiger partial charge on any atom is 0.231 e. The van der Waals surface area contributed by atoms with E-state index < -0.39 is 0 Å². The Morgan fingerprint density at radius 3 is 3.12 bits per heavy atom. The van der Waals surface area contributed by atoms with Crippen LogP contribution in [0.15, 0.2) is 11.0 Å². The maximum absolute atomic E-state index is 12.2. The molecule has 0 fully saturated rings. The highest BCUT2D eigenvalue weighted by Gasteiger charge is 2.34. The van der Waals surface area contributed by atoms with Gasteiger partial charge in [-0.25, -0.2) is 0 Å². The van der Waals surface area contributed by atoms with Crippen molar-refractivity contribution in [3.8, 4) is 11.5 Å². The summed E-state index contributed by atoms with van der Waals surface area (Å²) in [5, 5.41) is 2.99. The zero-order chi connectivity index (χ0) is 12.0. The molecule has 5 nitrogen and oxygen atoms in total. The first-order valence-corrected chi connectivity index (χ1v) is 6.27. The van der Waals surface area contributed by atoms with E-state index in [9.17, 15) is 4.79 Å². The lowest BCUT2D eigenvalue weighted by molar-refractivity contribution is 0.0951. The fraction of sp³-hybridized carbons (Fsp3) is 0.364. The van der Waals surface area contributed by atoms with Crippen LogP contribution >= 0.6 is 11.8 Å². The quantitative estimate of drug-likeness (QED) is 0.723. The summed E-state index contributed by atoms with van der Waals surface area (Å²) in [5.74, 6) is 1.99. The van der Waals surface area contributed by atoms with Gasteiger partial charge in [0.05, 0.1) is 16.5 Å². The number of hydrogen-bond acceptors (Lipinski definition) is 6. The molecule has 0 aliphatic carbocycles. The molecule has 0 spiro atoms. The number of hydrogen-bond donors (Lipinski definition) is 2. The molecular weight excluding hydrogens is 240 g/mol. The molecule has 2 aliphatic heterocycles. The number of thioether (sulfide) groups is 1. The van der Waals surface area contributed by atoms with Crippen molar-refractivity contribution in [2.24, 2.45) is 0 Å². The predicted octanol–water partition coefficient (Wildman–Crippen LogP) is 0.874. The van der Waals surface area contributed by atoms with Crippen LogP contribution in [0.3, 0.4) is 0 Å². The maximum atomic E-state index is 12.2. The van der Waals surface area contributed by atoms with Crippen molar-refractivity contribution in [2.75, 3.05) is 25.3 Å². The average Bonchev–Trinajstić information content (AvgIpc) is 2.77. The second-order valence-electron chi connectivity index (χ2n) is 3.92. The second kappa shape index (κ2) is 3.82. The molecular formula is C11H12N2O3S. The molecule has 3 N–H and O–H groups in total. The highest BCUT2D eigenvalue weighted by atomic mass is 32.2. The normalized spacial score (nSPS) is 21.5. The number of ketones is 1. The van der Waals surface area contributed by atoms with Gasteiger partial charge in [0.1, 0.15) is 0 Å². The van der Waals surface area contributed by atoms with Crippen molar-refractivity contribution < 1.29 is 14.3 Å². The molecule has 1 aromatic rings. The van der Waals surface area contributed by atoms with Gasteiger partial charge in [-0.15, -0.1) is 11.8 Å². The van der Waals surface area contributed by atoms with Gasteiger partial charge in [-0.2, -0.15) is 0 Å². The van der Waals surface area contributed by atoms with Gasteiger partial charge in [0, 0.05) is 17.5 Å². The number of carbonyl (C=O) groups is 1. The topological polar surface area (TPSA) is 73.6 Å². The minimum absolute atomic E-state index is 0.0250. The van der Waals surface area contributed by atoms with Crippen molar-refractivity contribution >= 4 is 23.2 Å². The number of Topliss-reactive ketones (excluding diaryl/α,β-unsaturated/α-hetero) is 1. The molecule has 0 bridgehead atoms. The summed E-state index contributed by atoms with van der Waals surface area (Å²) in [6, 6.07) is 1.48. The average molecular weight is 252 g/mol. The van der Waals surface area contributed by atoms with Gasteiger partial charge < -0.3 is 20.5 Å². The number of ether oxygens (including phenoxy) is 2. The van der Waals surface area contributed by atoms with E-state index >= 15 is 0 Å². The number of rotatable bonds is 1. The number of nitrogens with one attached hydrogen (secondary N) is 1. The molecule has 0 saturated heterocycles. The molecule has 0 aromatic heterocycles. The number of nitrogens with two attached hydrogens (primary N) is 1. The molecule has 2 aliphatic rings. The van der Waals surface area contributed by atoms with Crippen molar-refractivity contribution in [3.05, 3.63) is 11.6 Å². The minimum Gasteiger partial charge on any atom is -0.453 e. The summed E-state index contributed by atoms with van der Waals surface area (Å²) >= 11 is 1.58. The Morgan fingerprint density at radius 2 is 2.35 bits per heavy atom. The first-order valence-electron chi connectivity index (χ1n) is 5.28. The Morgan fingerprint density at radius 1 is 1.53 bits per heavy atom. The van der Waals surface area contributed by atoms with Crippen LogP contribution in [0.4, 0.5) is 5.69 Å². The van der Waals surface area contributed by atoms with Crippen molar-refractivity contribution in [2.45, 2.75) is 10.9 Å². The van der Waals surface area contributed by atoms with Crippen LogP contribution in [0.2, 0.25) is 0 Å². The first kappa shape index (κ1) is 10.7. The van der Waals surface area contributed by atoms with E-state index in [-0.39, 0.29) is 18.6 Å². The van der Waals surface area contributed by atoms with E-state index in [0.717, 1.165) is 4.90 Å². The van der Waals surface area contributed by atoms with Gasteiger partial charge in [-0.05, 0) is 7.05 Å². The number of benzene rings is 1. The fourth-order valence-corrected chi connectivity index (χ4v) is 3.36. The van der Waals surface area contributed by atoms with E-state index in [2.05, 4.69) is 5.32 Å². The van der Waals surface area contributed by atoms with E-state index in [0.29, 0.717) is 28.5 Å². The van der Waals surface area contributed by atoms with Crippen LogP contribution in [0.1, 0.15) is 10.4 Å². The van der Waals surface area contributed by atoms with Crippen LogP contribution in [0.25, 0.3) is 0 Å². The molecule has 1 atom stereocenters. The summed E-state index contributed by atoms with van der Waals surface area (Å²) in [4.78, 5) is 13.0. The van der Waals surface area contributed by atoms with Gasteiger partial charge in [0.2, 0.25) is 6.79 Å². The standard InChI is InChI=1S/C11H12N2O3S/c1-13-6-3-17-11-8(9(6)14)5(12)2-7-10(11)16-4-15-7/h2,6,13H,3-4,12H2,1H3. The molecule has 0 saturated carbocycles. The molecule has 0 amide bonds. The molecule has 1 unspecified atom stereocenters. The smallest absolute Gasteiger partial charge is 0.231 e. The van der Waals surface area contributed by atoms with Crippen LogP contribution in [0, 0.1) is 0 Å². The van der Waals surface area contributed by atoms with E-state index in [4.69, 9.17) is 15.2 Å². The monoisotopic (exact) mass is 252 g/mol. The summed E-state index contributed by atoms with van der Waals surface area (Å²) in [5.41, 5.74) is 6.94. The van der Waals surface area contributed by atoms with Gasteiger partial charge >= 0.3 is 0 Å². The Labute approximate surface area is 103 Å². The highest BCUT2D eigenvalue weighted by Crippen LogP contribution is 2.48. The van der Waals surface area contributed by atoms with Gasteiger partial charge in [0.25, 0.3) is 0 Å². The largest absolute Gasteiger partial charge is 0.453 e. The zero-order valence-electron chi connectivity index (χ0n) is 9.28. The molecule has 90 valence electrons. The molecule has 1 aromatic carbocycles. The number of carbonyl (C=O) groups excluding carboxylic acids is 1. The van der Waals surface area contributed by atoms with E-state index in [1.165, 1.54) is 0 Å². The SMILES string of the molecule is CNC1CSc2c3c(cc(N)c2C1=O)OCO3. The van der Waals surface area contributed by atoms with Crippen LogP contribution in [-0.4, -0.2) is 31.4 Å². The van der Waals surface area contributed by atoms with Gasteiger partial charge in [-0.3, -0.25) is 4.79 Å².